The third kappa shape index (κ3) is 3.51. The number of rotatable bonds is 5. The molecule has 1 amide bonds. The van der Waals surface area contributed by atoms with Crippen LogP contribution in [0.1, 0.15) is 16.1 Å². The molecule has 124 valence electrons. The lowest BCUT2D eigenvalue weighted by Gasteiger charge is -2.02. The van der Waals surface area contributed by atoms with E-state index < -0.39 is 0 Å². The van der Waals surface area contributed by atoms with Crippen molar-refractivity contribution < 1.29 is 4.79 Å². The number of fused-ring (bicyclic) bond motifs is 1. The molecular formula is C18H15N5OS. The van der Waals surface area contributed by atoms with Crippen LogP contribution in [0.5, 0.6) is 0 Å². The summed E-state index contributed by atoms with van der Waals surface area (Å²) in [5, 5.41) is 8.41. The fraction of sp³-hybridized carbons (Fsp3) is 0.0556. The second-order valence-electron chi connectivity index (χ2n) is 5.43. The molecule has 0 atom stereocenters. The highest BCUT2D eigenvalue weighted by Gasteiger charge is 2.13. The molecule has 0 unspecified atom stereocenters. The molecule has 0 radical (unpaired) electrons. The van der Waals surface area contributed by atoms with Crippen LogP contribution < -0.4 is 10.6 Å². The van der Waals surface area contributed by atoms with Gasteiger partial charge in [-0.05, 0) is 17.7 Å². The fourth-order valence-electron chi connectivity index (χ4n) is 2.42. The standard InChI is InChI=1S/C18H15N5OS/c24-16(23-17-20-13-8-4-5-9-14(13)21-17)15-11-25-18(22-15)19-10-12-6-2-1-3-7-12/h1-9,11H,10H2,(H,19,22)(H2,20,21,23,24). The summed E-state index contributed by atoms with van der Waals surface area (Å²) < 4.78 is 0. The van der Waals surface area contributed by atoms with Gasteiger partial charge in [-0.1, -0.05) is 42.5 Å². The molecule has 4 aromatic rings. The average molecular weight is 349 g/mol. The number of carbonyl (C=O) groups is 1. The molecule has 4 rings (SSSR count). The summed E-state index contributed by atoms with van der Waals surface area (Å²) >= 11 is 1.40. The van der Waals surface area contributed by atoms with E-state index in [1.54, 1.807) is 5.38 Å². The number of nitrogens with zero attached hydrogens (tertiary/aromatic N) is 2. The van der Waals surface area contributed by atoms with Crippen molar-refractivity contribution in [1.82, 2.24) is 15.0 Å². The van der Waals surface area contributed by atoms with Crippen LogP contribution in [-0.2, 0) is 6.54 Å². The van der Waals surface area contributed by atoms with Crippen LogP contribution in [-0.4, -0.2) is 20.9 Å². The number of nitrogens with one attached hydrogen (secondary N) is 3. The summed E-state index contributed by atoms with van der Waals surface area (Å²) in [6, 6.07) is 17.6. The van der Waals surface area contributed by atoms with E-state index in [2.05, 4.69) is 25.6 Å². The number of benzene rings is 2. The molecule has 25 heavy (non-hydrogen) atoms. The zero-order valence-corrected chi connectivity index (χ0v) is 14.0. The van der Waals surface area contributed by atoms with Crippen LogP contribution in [0, 0.1) is 0 Å². The first-order chi connectivity index (χ1) is 12.3. The summed E-state index contributed by atoms with van der Waals surface area (Å²) in [5.41, 5.74) is 3.20. The van der Waals surface area contributed by atoms with E-state index in [4.69, 9.17) is 0 Å². The Kier molecular flexibility index (Phi) is 4.14. The fourth-order valence-corrected chi connectivity index (χ4v) is 3.11. The molecular weight excluding hydrogens is 334 g/mol. The van der Waals surface area contributed by atoms with Gasteiger partial charge >= 0.3 is 0 Å². The first-order valence-corrected chi connectivity index (χ1v) is 8.65. The molecule has 0 aliphatic rings. The van der Waals surface area contributed by atoms with Crippen molar-refractivity contribution in [2.24, 2.45) is 0 Å². The number of H-pyrrole nitrogens is 1. The predicted molar refractivity (Wildman–Crippen MR) is 99.9 cm³/mol. The Balaban J connectivity index is 1.41. The van der Waals surface area contributed by atoms with Crippen LogP contribution in [0.25, 0.3) is 11.0 Å². The van der Waals surface area contributed by atoms with Gasteiger partial charge in [0.2, 0.25) is 5.95 Å². The van der Waals surface area contributed by atoms with Crippen LogP contribution in [0.15, 0.2) is 60.0 Å². The highest BCUT2D eigenvalue weighted by molar-refractivity contribution is 7.13. The van der Waals surface area contributed by atoms with E-state index in [0.717, 1.165) is 16.6 Å². The van der Waals surface area contributed by atoms with Crippen molar-refractivity contribution in [3.8, 4) is 0 Å². The minimum absolute atomic E-state index is 0.289. The third-order valence-electron chi connectivity index (χ3n) is 3.64. The van der Waals surface area contributed by atoms with Crippen molar-refractivity contribution >= 4 is 39.4 Å². The summed E-state index contributed by atoms with van der Waals surface area (Å²) in [5.74, 6) is 0.126. The predicted octanol–water partition coefficient (Wildman–Crippen LogP) is 3.88. The van der Waals surface area contributed by atoms with Crippen molar-refractivity contribution in [3.63, 3.8) is 0 Å². The van der Waals surface area contributed by atoms with E-state index >= 15 is 0 Å². The summed E-state index contributed by atoms with van der Waals surface area (Å²) in [4.78, 5) is 24.1. The second-order valence-corrected chi connectivity index (χ2v) is 6.29. The molecule has 0 spiro atoms. The molecule has 2 heterocycles. The minimum Gasteiger partial charge on any atom is -0.357 e. The molecule has 0 bridgehead atoms. The maximum absolute atomic E-state index is 12.3. The first kappa shape index (κ1) is 15.3. The van der Waals surface area contributed by atoms with E-state index in [1.165, 1.54) is 11.3 Å². The van der Waals surface area contributed by atoms with Crippen molar-refractivity contribution in [2.45, 2.75) is 6.54 Å². The molecule has 0 saturated heterocycles. The molecule has 2 aromatic carbocycles. The lowest BCUT2D eigenvalue weighted by atomic mass is 10.2. The van der Waals surface area contributed by atoms with Crippen LogP contribution in [0.3, 0.4) is 0 Å². The summed E-state index contributed by atoms with van der Waals surface area (Å²) in [6.45, 7) is 0.666. The van der Waals surface area contributed by atoms with Crippen molar-refractivity contribution in [3.05, 3.63) is 71.2 Å². The zero-order valence-electron chi connectivity index (χ0n) is 13.2. The van der Waals surface area contributed by atoms with Gasteiger partial charge in [-0.2, -0.15) is 0 Å². The number of hydrogen-bond donors (Lipinski definition) is 3. The molecule has 7 heteroatoms. The number of carbonyl (C=O) groups excluding carboxylic acids is 1. The average Bonchev–Trinajstić information content (AvgIpc) is 3.27. The number of hydrogen-bond acceptors (Lipinski definition) is 5. The second kappa shape index (κ2) is 6.74. The summed E-state index contributed by atoms with van der Waals surface area (Å²) in [6.07, 6.45) is 0. The Hall–Kier alpha value is -3.19. The molecule has 3 N–H and O–H groups in total. The first-order valence-electron chi connectivity index (χ1n) is 7.77. The van der Waals surface area contributed by atoms with E-state index in [1.807, 2.05) is 54.6 Å². The Labute approximate surface area is 148 Å². The van der Waals surface area contributed by atoms with Crippen molar-refractivity contribution in [2.75, 3.05) is 10.6 Å². The number of aromatic nitrogens is 3. The number of imidazole rings is 1. The SMILES string of the molecule is O=C(Nc1nc2ccccc2[nH]1)c1csc(NCc2ccccc2)n1. The van der Waals surface area contributed by atoms with Gasteiger partial charge in [-0.15, -0.1) is 11.3 Å². The Morgan fingerprint density at radius 3 is 2.68 bits per heavy atom. The minimum atomic E-state index is -0.289. The van der Waals surface area contributed by atoms with E-state index in [0.29, 0.717) is 23.3 Å². The largest absolute Gasteiger partial charge is 0.357 e. The van der Waals surface area contributed by atoms with Crippen LogP contribution in [0.2, 0.25) is 0 Å². The van der Waals surface area contributed by atoms with Gasteiger partial charge in [0.1, 0.15) is 5.69 Å². The van der Waals surface area contributed by atoms with Gasteiger partial charge in [-0.3, -0.25) is 10.1 Å². The Morgan fingerprint density at radius 1 is 1.04 bits per heavy atom. The van der Waals surface area contributed by atoms with Gasteiger partial charge in [0.05, 0.1) is 11.0 Å². The van der Waals surface area contributed by atoms with E-state index in [-0.39, 0.29) is 5.91 Å². The number of para-hydroxylation sites is 2. The quantitative estimate of drug-likeness (QED) is 0.510. The summed E-state index contributed by atoms with van der Waals surface area (Å²) in [7, 11) is 0. The molecule has 2 aromatic heterocycles. The van der Waals surface area contributed by atoms with Gasteiger partial charge in [0.25, 0.3) is 5.91 Å². The van der Waals surface area contributed by atoms with E-state index in [9.17, 15) is 4.79 Å². The molecule has 0 aliphatic carbocycles. The maximum atomic E-state index is 12.3. The highest BCUT2D eigenvalue weighted by atomic mass is 32.1. The monoisotopic (exact) mass is 349 g/mol. The smallest absolute Gasteiger partial charge is 0.277 e. The topological polar surface area (TPSA) is 82.7 Å². The number of aromatic amines is 1. The number of anilines is 2. The lowest BCUT2D eigenvalue weighted by Crippen LogP contribution is -2.13. The Morgan fingerprint density at radius 2 is 1.84 bits per heavy atom. The molecule has 0 saturated carbocycles. The molecule has 0 fully saturated rings. The highest BCUT2D eigenvalue weighted by Crippen LogP contribution is 2.18. The van der Waals surface area contributed by atoms with Crippen LogP contribution in [0.4, 0.5) is 11.1 Å². The third-order valence-corrected chi connectivity index (χ3v) is 4.44. The zero-order chi connectivity index (χ0) is 17.1. The van der Waals surface area contributed by atoms with Gasteiger partial charge in [0, 0.05) is 11.9 Å². The van der Waals surface area contributed by atoms with Gasteiger partial charge < -0.3 is 10.3 Å². The van der Waals surface area contributed by atoms with Crippen LogP contribution >= 0.6 is 11.3 Å². The Bertz CT molecular complexity index is 975. The maximum Gasteiger partial charge on any atom is 0.277 e. The number of amides is 1. The van der Waals surface area contributed by atoms with Gasteiger partial charge in [-0.25, -0.2) is 9.97 Å². The lowest BCUT2D eigenvalue weighted by molar-refractivity contribution is 0.102. The van der Waals surface area contributed by atoms with Crippen molar-refractivity contribution in [1.29, 1.82) is 0 Å². The number of thiazole rings is 1. The molecule has 6 nitrogen and oxygen atoms in total. The molecule has 0 aliphatic heterocycles. The van der Waals surface area contributed by atoms with Gasteiger partial charge in [0.15, 0.2) is 5.13 Å². The normalized spacial score (nSPS) is 10.7.